The normalized spacial score (nSPS) is 11.1. The van der Waals surface area contributed by atoms with Gasteiger partial charge >= 0.3 is 0 Å². The summed E-state index contributed by atoms with van der Waals surface area (Å²) in [4.78, 5) is 25.1. The largest absolute Gasteiger partial charge is 0.345 e. The average molecular weight is 392 g/mol. The Bertz CT molecular complexity index is 524. The van der Waals surface area contributed by atoms with E-state index in [1.54, 1.807) is 32.3 Å². The van der Waals surface area contributed by atoms with Crippen molar-refractivity contribution in [2.24, 2.45) is 0 Å². The van der Waals surface area contributed by atoms with Crippen LogP contribution in [0.1, 0.15) is 29.8 Å². The Kier molecular flexibility index (Phi) is 5.50. The Morgan fingerprint density at radius 3 is 2.40 bits per heavy atom. The van der Waals surface area contributed by atoms with Crippen LogP contribution in [-0.4, -0.2) is 36.5 Å². The molecule has 0 bridgehead atoms. The van der Waals surface area contributed by atoms with Gasteiger partial charge in [0.15, 0.2) is 5.67 Å². The average Bonchev–Trinajstić information content (AvgIpc) is 2.36. The van der Waals surface area contributed by atoms with E-state index in [2.05, 4.69) is 27.9 Å². The number of carbonyl (C=O) groups excluding carboxylic acids is 2. The molecular weight excluding hydrogens is 374 g/mol. The lowest BCUT2D eigenvalue weighted by atomic mass is 10.1. The molecule has 0 heterocycles. The van der Waals surface area contributed by atoms with Gasteiger partial charge in [0.2, 0.25) is 0 Å². The lowest BCUT2D eigenvalue weighted by Crippen LogP contribution is -2.32. The van der Waals surface area contributed by atoms with Crippen LogP contribution >= 0.6 is 22.6 Å². The molecular formula is C14H18FIN2O2. The molecule has 0 aromatic heterocycles. The van der Waals surface area contributed by atoms with Gasteiger partial charge in [-0.2, -0.15) is 0 Å². The van der Waals surface area contributed by atoms with E-state index in [0.29, 0.717) is 15.7 Å². The zero-order valence-electron chi connectivity index (χ0n) is 12.0. The zero-order chi connectivity index (χ0) is 15.5. The first-order valence-electron chi connectivity index (χ1n) is 6.07. The van der Waals surface area contributed by atoms with Crippen LogP contribution in [0, 0.1) is 0 Å². The van der Waals surface area contributed by atoms with Crippen molar-refractivity contribution in [3.8, 4) is 0 Å². The maximum absolute atomic E-state index is 13.5. The van der Waals surface area contributed by atoms with E-state index in [0.717, 1.165) is 5.56 Å². The van der Waals surface area contributed by atoms with Crippen LogP contribution < -0.4 is 5.32 Å². The second-order valence-electron chi connectivity index (χ2n) is 5.13. The Hall–Kier alpha value is -1.18. The highest BCUT2D eigenvalue weighted by Crippen LogP contribution is 2.21. The first-order chi connectivity index (χ1) is 9.16. The highest BCUT2D eigenvalue weighted by molar-refractivity contribution is 14.1. The summed E-state index contributed by atoms with van der Waals surface area (Å²) in [5.74, 6) is -0.802. The summed E-state index contributed by atoms with van der Waals surface area (Å²) in [6, 6.07) is 4.96. The topological polar surface area (TPSA) is 49.4 Å². The summed E-state index contributed by atoms with van der Waals surface area (Å²) in [6.45, 7) is 2.40. The van der Waals surface area contributed by atoms with E-state index in [4.69, 9.17) is 0 Å². The minimum atomic E-state index is -1.94. The molecule has 1 aromatic rings. The fourth-order valence-corrected chi connectivity index (χ4v) is 2.14. The number of anilines is 1. The summed E-state index contributed by atoms with van der Waals surface area (Å²) in [5, 5.41) is 2.51. The SMILES string of the molecule is CN(C)C(=O)c1ccc(NC(=O)C(C)(C)F)cc1CI. The maximum Gasteiger partial charge on any atom is 0.261 e. The van der Waals surface area contributed by atoms with Gasteiger partial charge in [-0.1, -0.05) is 22.6 Å². The van der Waals surface area contributed by atoms with E-state index >= 15 is 0 Å². The molecule has 4 nitrogen and oxygen atoms in total. The first kappa shape index (κ1) is 16.9. The first-order valence-corrected chi connectivity index (χ1v) is 7.60. The lowest BCUT2D eigenvalue weighted by molar-refractivity contribution is -0.125. The Balaban J connectivity index is 3.05. The Morgan fingerprint density at radius 2 is 1.95 bits per heavy atom. The minimum absolute atomic E-state index is 0.0969. The lowest BCUT2D eigenvalue weighted by Gasteiger charge is -2.17. The molecule has 0 saturated heterocycles. The molecule has 2 amide bonds. The molecule has 1 N–H and O–H groups in total. The molecule has 0 saturated carbocycles. The molecule has 0 fully saturated rings. The standard InChI is InChI=1S/C14H18FIN2O2/c1-14(2,15)13(20)17-10-5-6-11(9(7-10)8-16)12(19)18(3)4/h5-7H,8H2,1-4H3,(H,17,20). The maximum atomic E-state index is 13.5. The summed E-state index contributed by atoms with van der Waals surface area (Å²) in [5.41, 5.74) is -0.0637. The van der Waals surface area contributed by atoms with Crippen LogP contribution in [0.3, 0.4) is 0 Å². The predicted molar refractivity (Wildman–Crippen MR) is 86.0 cm³/mol. The summed E-state index contributed by atoms with van der Waals surface area (Å²) < 4.78 is 14.1. The molecule has 0 aliphatic heterocycles. The zero-order valence-corrected chi connectivity index (χ0v) is 14.1. The molecule has 20 heavy (non-hydrogen) atoms. The van der Waals surface area contributed by atoms with Crippen molar-refractivity contribution in [3.05, 3.63) is 29.3 Å². The second-order valence-corrected chi connectivity index (χ2v) is 5.89. The van der Waals surface area contributed by atoms with Crippen LogP contribution in [0.15, 0.2) is 18.2 Å². The number of benzene rings is 1. The van der Waals surface area contributed by atoms with Gasteiger partial charge in [0.25, 0.3) is 11.8 Å². The van der Waals surface area contributed by atoms with E-state index in [9.17, 15) is 14.0 Å². The number of alkyl halides is 2. The van der Waals surface area contributed by atoms with E-state index in [-0.39, 0.29) is 5.91 Å². The van der Waals surface area contributed by atoms with Crippen molar-refractivity contribution < 1.29 is 14.0 Å². The quantitative estimate of drug-likeness (QED) is 0.633. The van der Waals surface area contributed by atoms with Gasteiger partial charge in [-0.05, 0) is 37.6 Å². The molecule has 0 radical (unpaired) electrons. The molecule has 6 heteroatoms. The van der Waals surface area contributed by atoms with Crippen molar-refractivity contribution in [1.82, 2.24) is 4.90 Å². The number of carbonyl (C=O) groups is 2. The van der Waals surface area contributed by atoms with Gasteiger partial charge in [-0.15, -0.1) is 0 Å². The minimum Gasteiger partial charge on any atom is -0.345 e. The van der Waals surface area contributed by atoms with Crippen LogP contribution in [0.25, 0.3) is 0 Å². The van der Waals surface area contributed by atoms with E-state index in [1.807, 2.05) is 0 Å². The third-order valence-corrected chi connectivity index (χ3v) is 3.51. The highest BCUT2D eigenvalue weighted by atomic mass is 127. The molecule has 1 aromatic carbocycles. The molecule has 0 atom stereocenters. The van der Waals surface area contributed by atoms with E-state index < -0.39 is 11.6 Å². The van der Waals surface area contributed by atoms with Crippen molar-refractivity contribution in [2.45, 2.75) is 23.9 Å². The smallest absolute Gasteiger partial charge is 0.261 e. The predicted octanol–water partition coefficient (Wildman–Crippen LogP) is 3.01. The van der Waals surface area contributed by atoms with Crippen molar-refractivity contribution >= 4 is 40.1 Å². The van der Waals surface area contributed by atoms with Crippen LogP contribution in [-0.2, 0) is 9.22 Å². The van der Waals surface area contributed by atoms with Gasteiger partial charge in [0.1, 0.15) is 0 Å². The number of rotatable bonds is 4. The number of nitrogens with one attached hydrogen (secondary N) is 1. The van der Waals surface area contributed by atoms with Gasteiger partial charge in [0, 0.05) is 29.8 Å². The highest BCUT2D eigenvalue weighted by Gasteiger charge is 2.26. The fourth-order valence-electron chi connectivity index (χ4n) is 1.51. The molecule has 1 rings (SSSR count). The van der Waals surface area contributed by atoms with Crippen LogP contribution in [0.5, 0.6) is 0 Å². The van der Waals surface area contributed by atoms with Crippen LogP contribution in [0.2, 0.25) is 0 Å². The van der Waals surface area contributed by atoms with Crippen molar-refractivity contribution in [1.29, 1.82) is 0 Å². The second kappa shape index (κ2) is 6.51. The summed E-state index contributed by atoms with van der Waals surface area (Å²) >= 11 is 2.14. The fraction of sp³-hybridized carbons (Fsp3) is 0.429. The molecule has 0 unspecified atom stereocenters. The molecule has 110 valence electrons. The monoisotopic (exact) mass is 392 g/mol. The molecule has 0 aliphatic rings. The number of hydrogen-bond acceptors (Lipinski definition) is 2. The van der Waals surface area contributed by atoms with Crippen LogP contribution in [0.4, 0.5) is 10.1 Å². The molecule has 0 spiro atoms. The number of hydrogen-bond donors (Lipinski definition) is 1. The Labute approximate surface area is 131 Å². The summed E-state index contributed by atoms with van der Waals surface area (Å²) in [7, 11) is 3.36. The van der Waals surface area contributed by atoms with Gasteiger partial charge in [-0.3, -0.25) is 9.59 Å². The number of nitrogens with zero attached hydrogens (tertiary/aromatic N) is 1. The van der Waals surface area contributed by atoms with Gasteiger partial charge in [0.05, 0.1) is 0 Å². The van der Waals surface area contributed by atoms with Crippen molar-refractivity contribution in [3.63, 3.8) is 0 Å². The third kappa shape index (κ3) is 4.16. The van der Waals surface area contributed by atoms with Gasteiger partial charge in [-0.25, -0.2) is 4.39 Å². The summed E-state index contributed by atoms with van der Waals surface area (Å²) in [6.07, 6.45) is 0. The van der Waals surface area contributed by atoms with Crippen molar-refractivity contribution in [2.75, 3.05) is 19.4 Å². The number of amides is 2. The Morgan fingerprint density at radius 1 is 1.35 bits per heavy atom. The number of halogens is 2. The van der Waals surface area contributed by atoms with E-state index in [1.165, 1.54) is 18.7 Å². The third-order valence-electron chi connectivity index (χ3n) is 2.68. The van der Waals surface area contributed by atoms with Gasteiger partial charge < -0.3 is 10.2 Å². The molecule has 0 aliphatic carbocycles.